The van der Waals surface area contributed by atoms with Crippen LogP contribution in [0.3, 0.4) is 0 Å². The van der Waals surface area contributed by atoms with Crippen molar-refractivity contribution in [2.45, 2.75) is 32.6 Å². The first-order chi connectivity index (χ1) is 10.4. The Labute approximate surface area is 136 Å². The van der Waals surface area contributed by atoms with Gasteiger partial charge in [0.1, 0.15) is 0 Å². The molecule has 1 heterocycles. The van der Waals surface area contributed by atoms with E-state index in [1.807, 2.05) is 6.07 Å². The number of benzene rings is 1. The Morgan fingerprint density at radius 1 is 1.18 bits per heavy atom. The molecule has 0 aliphatic heterocycles. The lowest BCUT2D eigenvalue weighted by molar-refractivity contribution is 0.354. The molecule has 0 aliphatic rings. The average molecular weight is 320 g/mol. The molecule has 2 aromatic rings. The van der Waals surface area contributed by atoms with Crippen LogP contribution in [0.5, 0.6) is 11.5 Å². The molecule has 0 atom stereocenters. The summed E-state index contributed by atoms with van der Waals surface area (Å²) in [5.74, 6) is 1.46. The van der Waals surface area contributed by atoms with Crippen molar-refractivity contribution in [1.82, 2.24) is 4.98 Å². The highest BCUT2D eigenvalue weighted by Crippen LogP contribution is 2.42. The minimum Gasteiger partial charge on any atom is -0.493 e. The molecule has 0 fully saturated rings. The number of aromatic nitrogens is 1. The predicted molar refractivity (Wildman–Crippen MR) is 92.1 cm³/mol. The number of rotatable bonds is 5. The Bertz CT molecular complexity index is 645. The van der Waals surface area contributed by atoms with Gasteiger partial charge in [0.2, 0.25) is 0 Å². The lowest BCUT2D eigenvalue weighted by Gasteiger charge is -2.22. The molecular formula is C17H24N2O2S. The fourth-order valence-electron chi connectivity index (χ4n) is 2.26. The first-order valence-corrected chi connectivity index (χ1v) is 8.20. The molecule has 120 valence electrons. The van der Waals surface area contributed by atoms with Crippen LogP contribution in [0.25, 0.3) is 11.3 Å². The van der Waals surface area contributed by atoms with Crippen LogP contribution in [0.2, 0.25) is 0 Å². The third kappa shape index (κ3) is 3.42. The molecule has 1 aromatic carbocycles. The van der Waals surface area contributed by atoms with Crippen LogP contribution < -0.4 is 15.2 Å². The van der Waals surface area contributed by atoms with Gasteiger partial charge in [-0.3, -0.25) is 0 Å². The van der Waals surface area contributed by atoms with Crippen molar-refractivity contribution in [2.24, 2.45) is 5.73 Å². The minimum atomic E-state index is 0.0183. The van der Waals surface area contributed by atoms with Crippen molar-refractivity contribution >= 4 is 11.3 Å². The van der Waals surface area contributed by atoms with E-state index in [2.05, 4.69) is 37.2 Å². The van der Waals surface area contributed by atoms with Crippen molar-refractivity contribution in [1.29, 1.82) is 0 Å². The van der Waals surface area contributed by atoms with Crippen molar-refractivity contribution in [3.05, 3.63) is 28.1 Å². The highest BCUT2D eigenvalue weighted by molar-refractivity contribution is 7.09. The van der Waals surface area contributed by atoms with E-state index in [0.717, 1.165) is 34.2 Å². The van der Waals surface area contributed by atoms with Gasteiger partial charge in [-0.05, 0) is 29.7 Å². The van der Waals surface area contributed by atoms with Crippen molar-refractivity contribution in [3.8, 4) is 22.8 Å². The van der Waals surface area contributed by atoms with E-state index in [-0.39, 0.29) is 5.41 Å². The first-order valence-electron chi connectivity index (χ1n) is 7.32. The van der Waals surface area contributed by atoms with Crippen LogP contribution in [0.1, 0.15) is 31.3 Å². The van der Waals surface area contributed by atoms with Crippen LogP contribution in [-0.2, 0) is 11.8 Å². The van der Waals surface area contributed by atoms with Crippen LogP contribution in [0.15, 0.2) is 17.5 Å². The van der Waals surface area contributed by atoms with E-state index >= 15 is 0 Å². The molecule has 0 saturated carbocycles. The summed E-state index contributed by atoms with van der Waals surface area (Å²) in [4.78, 5) is 4.68. The molecular weight excluding hydrogens is 296 g/mol. The fraction of sp³-hybridized carbons (Fsp3) is 0.471. The summed E-state index contributed by atoms with van der Waals surface area (Å²) in [6, 6.07) is 4.18. The summed E-state index contributed by atoms with van der Waals surface area (Å²) in [7, 11) is 3.32. The van der Waals surface area contributed by atoms with Gasteiger partial charge in [-0.2, -0.15) is 0 Å². The number of methoxy groups -OCH3 is 2. The number of nitrogens with two attached hydrogens (primary N) is 1. The second-order valence-electron chi connectivity index (χ2n) is 6.17. The molecule has 0 spiro atoms. The Balaban J connectivity index is 2.60. The smallest absolute Gasteiger partial charge is 0.170 e. The summed E-state index contributed by atoms with van der Waals surface area (Å²) >= 11 is 1.63. The maximum absolute atomic E-state index is 5.61. The van der Waals surface area contributed by atoms with Crippen LogP contribution in [-0.4, -0.2) is 25.7 Å². The van der Waals surface area contributed by atoms with Crippen LogP contribution >= 0.6 is 11.3 Å². The summed E-state index contributed by atoms with van der Waals surface area (Å²) in [5, 5.41) is 3.09. The number of hydrogen-bond donors (Lipinski definition) is 1. The number of hydrogen-bond acceptors (Lipinski definition) is 5. The third-order valence-electron chi connectivity index (χ3n) is 3.53. The average Bonchev–Trinajstić information content (AvgIpc) is 2.93. The molecule has 0 bridgehead atoms. The maximum Gasteiger partial charge on any atom is 0.170 e. The lowest BCUT2D eigenvalue weighted by Crippen LogP contribution is -2.12. The standard InChI is InChI=1S/C17H24N2O2S/c1-17(2,3)11-8-12(16(21-5)14(9-11)20-4)13-10-22-15(19-13)6-7-18/h8-10H,6-7,18H2,1-5H3. The van der Waals surface area contributed by atoms with Crippen molar-refractivity contribution in [3.63, 3.8) is 0 Å². The maximum atomic E-state index is 5.61. The summed E-state index contributed by atoms with van der Waals surface area (Å²) in [5.41, 5.74) is 8.70. The molecule has 0 radical (unpaired) electrons. The van der Waals surface area contributed by atoms with Gasteiger partial charge in [-0.15, -0.1) is 11.3 Å². The van der Waals surface area contributed by atoms with Crippen molar-refractivity contribution in [2.75, 3.05) is 20.8 Å². The monoisotopic (exact) mass is 320 g/mol. The highest BCUT2D eigenvalue weighted by Gasteiger charge is 2.22. The molecule has 0 saturated heterocycles. The molecule has 1 aromatic heterocycles. The van der Waals surface area contributed by atoms with Gasteiger partial charge in [0, 0.05) is 17.4 Å². The van der Waals surface area contributed by atoms with Crippen LogP contribution in [0, 0.1) is 0 Å². The molecule has 0 aliphatic carbocycles. The van der Waals surface area contributed by atoms with E-state index < -0.39 is 0 Å². The van der Waals surface area contributed by atoms with Gasteiger partial charge in [0.05, 0.1) is 24.9 Å². The van der Waals surface area contributed by atoms with Crippen LogP contribution in [0.4, 0.5) is 0 Å². The van der Waals surface area contributed by atoms with Gasteiger partial charge in [0.15, 0.2) is 11.5 Å². The Hall–Kier alpha value is -1.59. The molecule has 5 heteroatoms. The number of ether oxygens (including phenoxy) is 2. The third-order valence-corrected chi connectivity index (χ3v) is 4.44. The van der Waals surface area contributed by atoms with Crippen molar-refractivity contribution < 1.29 is 9.47 Å². The fourth-order valence-corrected chi connectivity index (χ4v) is 3.07. The first kappa shape index (κ1) is 16.8. The molecule has 2 rings (SSSR count). The molecule has 4 nitrogen and oxygen atoms in total. The zero-order valence-corrected chi connectivity index (χ0v) is 14.7. The van der Waals surface area contributed by atoms with E-state index in [0.29, 0.717) is 6.54 Å². The summed E-state index contributed by atoms with van der Waals surface area (Å²) in [6.07, 6.45) is 0.795. The van der Waals surface area contributed by atoms with E-state index in [1.54, 1.807) is 25.6 Å². The van der Waals surface area contributed by atoms with E-state index in [9.17, 15) is 0 Å². The molecule has 2 N–H and O–H groups in total. The topological polar surface area (TPSA) is 57.4 Å². The molecule has 22 heavy (non-hydrogen) atoms. The Morgan fingerprint density at radius 3 is 2.45 bits per heavy atom. The van der Waals surface area contributed by atoms with Gasteiger partial charge in [-0.25, -0.2) is 4.98 Å². The normalized spacial score (nSPS) is 11.5. The minimum absolute atomic E-state index is 0.0183. The van der Waals surface area contributed by atoms with E-state index in [1.165, 1.54) is 5.56 Å². The second-order valence-corrected chi connectivity index (χ2v) is 7.12. The SMILES string of the molecule is COc1cc(C(C)(C)C)cc(-c2csc(CCN)n2)c1OC. The predicted octanol–water partition coefficient (Wildman–Crippen LogP) is 3.63. The largest absolute Gasteiger partial charge is 0.493 e. The van der Waals surface area contributed by atoms with Gasteiger partial charge >= 0.3 is 0 Å². The zero-order valence-electron chi connectivity index (χ0n) is 13.9. The Kier molecular flexibility index (Phi) is 5.08. The quantitative estimate of drug-likeness (QED) is 0.914. The zero-order chi connectivity index (χ0) is 16.3. The van der Waals surface area contributed by atoms with E-state index in [4.69, 9.17) is 15.2 Å². The van der Waals surface area contributed by atoms with Gasteiger partial charge < -0.3 is 15.2 Å². The summed E-state index contributed by atoms with van der Waals surface area (Å²) in [6.45, 7) is 7.15. The Morgan fingerprint density at radius 2 is 1.91 bits per heavy atom. The highest BCUT2D eigenvalue weighted by atomic mass is 32.1. The second kappa shape index (κ2) is 6.67. The van der Waals surface area contributed by atoms with Gasteiger partial charge in [-0.1, -0.05) is 20.8 Å². The summed E-state index contributed by atoms with van der Waals surface area (Å²) < 4.78 is 11.1. The molecule has 0 unspecified atom stereocenters. The lowest BCUT2D eigenvalue weighted by atomic mass is 9.85. The number of nitrogens with zero attached hydrogens (tertiary/aromatic N) is 1. The number of thiazole rings is 1. The molecule has 0 amide bonds. The van der Waals surface area contributed by atoms with Gasteiger partial charge in [0.25, 0.3) is 0 Å².